The zero-order chi connectivity index (χ0) is 25.5. The number of hydrazone groups is 1. The minimum atomic E-state index is -0.709. The number of anilines is 2. The Labute approximate surface area is 227 Å². The van der Waals surface area contributed by atoms with Crippen LogP contribution in [-0.2, 0) is 11.3 Å². The number of fused-ring (bicyclic) bond motifs is 2. The van der Waals surface area contributed by atoms with Crippen molar-refractivity contribution in [3.05, 3.63) is 104 Å². The zero-order valence-electron chi connectivity index (χ0n) is 19.2. The molecule has 0 radical (unpaired) electrons. The van der Waals surface area contributed by atoms with Gasteiger partial charge in [0.05, 0.1) is 16.5 Å². The second-order valence-corrected chi connectivity index (χ2v) is 10.2. The van der Waals surface area contributed by atoms with Gasteiger partial charge < -0.3 is 15.2 Å². The minimum absolute atomic E-state index is 0.0239. The van der Waals surface area contributed by atoms with Crippen LogP contribution in [0.1, 0.15) is 11.8 Å². The molecule has 5 aromatic rings. The lowest BCUT2D eigenvalue weighted by molar-refractivity contribution is 0.183. The molecule has 8 nitrogen and oxygen atoms in total. The summed E-state index contributed by atoms with van der Waals surface area (Å²) in [5, 5.41) is 20.5. The number of halogens is 2. The third-order valence-corrected chi connectivity index (χ3v) is 7.13. The van der Waals surface area contributed by atoms with Crippen molar-refractivity contribution in [2.24, 2.45) is 5.10 Å². The fraction of sp³-hybridized carbons (Fsp3) is 0.0741. The van der Waals surface area contributed by atoms with Crippen molar-refractivity contribution < 1.29 is 9.84 Å². The highest BCUT2D eigenvalue weighted by Crippen LogP contribution is 2.35. The van der Waals surface area contributed by atoms with Crippen molar-refractivity contribution in [2.75, 3.05) is 5.32 Å². The highest BCUT2D eigenvalue weighted by atomic mass is 79.9. The molecule has 0 saturated heterocycles. The topological polar surface area (TPSA) is 101 Å². The molecule has 10 heteroatoms. The van der Waals surface area contributed by atoms with Crippen LogP contribution in [0.5, 0.6) is 5.75 Å². The van der Waals surface area contributed by atoms with Gasteiger partial charge in [-0.25, -0.2) is 4.98 Å². The summed E-state index contributed by atoms with van der Waals surface area (Å²) in [5.74, 6) is 0.721. The van der Waals surface area contributed by atoms with Crippen LogP contribution in [0.2, 0.25) is 0 Å². The van der Waals surface area contributed by atoms with E-state index in [1.54, 1.807) is 12.1 Å². The molecule has 1 atom stereocenters. The maximum Gasteiger partial charge on any atom is 0.263 e. The van der Waals surface area contributed by atoms with Crippen molar-refractivity contribution in [1.29, 1.82) is 0 Å². The smallest absolute Gasteiger partial charge is 0.263 e. The van der Waals surface area contributed by atoms with E-state index in [-0.39, 0.29) is 23.8 Å². The molecule has 0 saturated carbocycles. The summed E-state index contributed by atoms with van der Waals surface area (Å²) in [6.07, 6.45) is -0.709. The summed E-state index contributed by atoms with van der Waals surface area (Å²) in [6, 6.07) is 24.3. The molecule has 0 spiro atoms. The molecule has 6 rings (SSSR count). The number of benzene rings is 4. The Morgan fingerprint density at radius 1 is 1.00 bits per heavy atom. The molecule has 1 unspecified atom stereocenters. The van der Waals surface area contributed by atoms with E-state index in [9.17, 15) is 9.90 Å². The van der Waals surface area contributed by atoms with Crippen LogP contribution < -0.4 is 16.3 Å². The summed E-state index contributed by atoms with van der Waals surface area (Å²) < 4.78 is 9.04. The summed E-state index contributed by atoms with van der Waals surface area (Å²) in [4.78, 5) is 18.4. The maximum atomic E-state index is 13.7. The standard InChI is InChI=1S/C27H19Br2N5O3/c28-16-12-19-24(20(29)13-16)31-27(30-17-7-2-1-3-8-17)34(26(19)36)14-22-32-33-25(37-22)23-18-9-5-4-6-15(18)10-11-21(23)35/h1-13,25,33,35H,14H2,(H,30,31). The van der Waals surface area contributed by atoms with Gasteiger partial charge in [-0.1, -0.05) is 64.5 Å². The Kier molecular flexibility index (Phi) is 6.05. The molecule has 0 amide bonds. The van der Waals surface area contributed by atoms with Gasteiger partial charge in [-0.2, -0.15) is 0 Å². The van der Waals surface area contributed by atoms with E-state index in [1.807, 2.05) is 66.7 Å². The Morgan fingerprint density at radius 2 is 1.78 bits per heavy atom. The van der Waals surface area contributed by atoms with E-state index < -0.39 is 6.23 Å². The SMILES string of the molecule is O=c1c2cc(Br)cc(Br)c2nc(Nc2ccccc2)n1CC1=NNC(c2c(O)ccc3ccccc23)O1. The van der Waals surface area contributed by atoms with E-state index in [4.69, 9.17) is 9.72 Å². The van der Waals surface area contributed by atoms with Crippen molar-refractivity contribution in [3.63, 3.8) is 0 Å². The number of ether oxygens (including phenoxy) is 1. The molecule has 0 fully saturated rings. The largest absolute Gasteiger partial charge is 0.507 e. The molecule has 1 aliphatic rings. The van der Waals surface area contributed by atoms with Gasteiger partial charge in [0.1, 0.15) is 12.3 Å². The Morgan fingerprint density at radius 3 is 2.62 bits per heavy atom. The number of rotatable bonds is 5. The molecule has 1 aromatic heterocycles. The maximum absolute atomic E-state index is 13.7. The van der Waals surface area contributed by atoms with Crippen LogP contribution in [-0.4, -0.2) is 20.6 Å². The summed E-state index contributed by atoms with van der Waals surface area (Å²) in [5.41, 5.74) is 4.59. The monoisotopic (exact) mass is 619 g/mol. The predicted octanol–water partition coefficient (Wildman–Crippen LogP) is 6.16. The summed E-state index contributed by atoms with van der Waals surface area (Å²) in [6.45, 7) is 0.0239. The van der Waals surface area contributed by atoms with E-state index in [0.717, 1.165) is 20.9 Å². The number of hydrogen-bond acceptors (Lipinski definition) is 7. The lowest BCUT2D eigenvalue weighted by atomic mass is 10.0. The van der Waals surface area contributed by atoms with Crippen LogP contribution in [0.4, 0.5) is 11.6 Å². The van der Waals surface area contributed by atoms with E-state index in [0.29, 0.717) is 26.9 Å². The molecule has 0 aliphatic carbocycles. The number of para-hydroxylation sites is 1. The minimum Gasteiger partial charge on any atom is -0.507 e. The molecule has 2 heterocycles. The summed E-state index contributed by atoms with van der Waals surface area (Å²) >= 11 is 6.98. The van der Waals surface area contributed by atoms with E-state index in [2.05, 4.69) is 47.7 Å². The highest BCUT2D eigenvalue weighted by Gasteiger charge is 2.27. The van der Waals surface area contributed by atoms with Gasteiger partial charge in [0, 0.05) is 14.6 Å². The van der Waals surface area contributed by atoms with Crippen LogP contribution >= 0.6 is 31.9 Å². The third kappa shape index (κ3) is 4.42. The fourth-order valence-electron chi connectivity index (χ4n) is 4.35. The Balaban J connectivity index is 1.38. The van der Waals surface area contributed by atoms with Gasteiger partial charge in [-0.05, 0) is 57.0 Å². The second-order valence-electron chi connectivity index (χ2n) is 8.45. The highest BCUT2D eigenvalue weighted by molar-refractivity contribution is 9.11. The van der Waals surface area contributed by atoms with E-state index >= 15 is 0 Å². The van der Waals surface area contributed by atoms with Gasteiger partial charge in [-0.15, -0.1) is 5.10 Å². The lowest BCUT2D eigenvalue weighted by Crippen LogP contribution is -2.28. The number of aromatic hydroxyl groups is 1. The number of nitrogens with one attached hydrogen (secondary N) is 2. The average Bonchev–Trinajstić information content (AvgIpc) is 3.35. The third-order valence-electron chi connectivity index (χ3n) is 6.07. The first-order valence-electron chi connectivity index (χ1n) is 11.4. The number of aromatic nitrogens is 2. The molecule has 4 aromatic carbocycles. The van der Waals surface area contributed by atoms with Crippen LogP contribution in [0.3, 0.4) is 0 Å². The number of hydrogen-bond donors (Lipinski definition) is 3. The van der Waals surface area contributed by atoms with Crippen molar-refractivity contribution >= 4 is 71.1 Å². The molecule has 1 aliphatic heterocycles. The molecular weight excluding hydrogens is 602 g/mol. The van der Waals surface area contributed by atoms with Gasteiger partial charge in [0.2, 0.25) is 18.1 Å². The fourth-order valence-corrected chi connectivity index (χ4v) is 5.67. The van der Waals surface area contributed by atoms with Crippen molar-refractivity contribution in [2.45, 2.75) is 12.8 Å². The average molecular weight is 621 g/mol. The normalized spacial score (nSPS) is 14.9. The Bertz CT molecular complexity index is 1760. The van der Waals surface area contributed by atoms with Gasteiger partial charge >= 0.3 is 0 Å². The van der Waals surface area contributed by atoms with Crippen LogP contribution in [0, 0.1) is 0 Å². The van der Waals surface area contributed by atoms with Crippen LogP contribution in [0.15, 0.2) is 97.7 Å². The number of nitrogens with zero attached hydrogens (tertiary/aromatic N) is 3. The first-order valence-corrected chi connectivity index (χ1v) is 13.0. The molecule has 184 valence electrons. The molecule has 37 heavy (non-hydrogen) atoms. The van der Waals surface area contributed by atoms with E-state index in [1.165, 1.54) is 4.57 Å². The molecule has 0 bridgehead atoms. The van der Waals surface area contributed by atoms with Crippen molar-refractivity contribution in [1.82, 2.24) is 15.0 Å². The zero-order valence-corrected chi connectivity index (χ0v) is 22.3. The number of phenols is 1. The number of phenolic OH excluding ortho intramolecular Hbond substituents is 1. The van der Waals surface area contributed by atoms with Crippen LogP contribution in [0.25, 0.3) is 21.7 Å². The summed E-state index contributed by atoms with van der Waals surface area (Å²) in [7, 11) is 0. The van der Waals surface area contributed by atoms with Gasteiger partial charge in [0.25, 0.3) is 5.56 Å². The lowest BCUT2D eigenvalue weighted by Gasteiger charge is -2.17. The first-order chi connectivity index (χ1) is 18.0. The van der Waals surface area contributed by atoms with Gasteiger partial charge in [0.15, 0.2) is 0 Å². The predicted molar refractivity (Wildman–Crippen MR) is 151 cm³/mol. The van der Waals surface area contributed by atoms with Gasteiger partial charge in [-0.3, -0.25) is 14.8 Å². The first kappa shape index (κ1) is 23.5. The van der Waals surface area contributed by atoms with Crippen molar-refractivity contribution in [3.8, 4) is 5.75 Å². The Hall–Kier alpha value is -3.89. The quantitative estimate of drug-likeness (QED) is 0.218. The molecular formula is C27H19Br2N5O3. The second kappa shape index (κ2) is 9.53. The molecule has 3 N–H and O–H groups in total.